The highest BCUT2D eigenvalue weighted by Crippen LogP contribution is 2.37. The molecule has 0 aliphatic rings. The van der Waals surface area contributed by atoms with Gasteiger partial charge >= 0.3 is 5.97 Å². The van der Waals surface area contributed by atoms with Gasteiger partial charge in [0.05, 0.1) is 10.0 Å². The Hall–Kier alpha value is -1.99. The van der Waals surface area contributed by atoms with E-state index in [-0.39, 0.29) is 37.7 Å². The van der Waals surface area contributed by atoms with Gasteiger partial charge in [-0.15, -0.1) is 0 Å². The van der Waals surface area contributed by atoms with Crippen LogP contribution in [0.1, 0.15) is 21.5 Å². The lowest BCUT2D eigenvalue weighted by molar-refractivity contribution is -0.139. The van der Waals surface area contributed by atoms with Crippen LogP contribution >= 0.6 is 34.8 Å². The van der Waals surface area contributed by atoms with Gasteiger partial charge in [-0.25, -0.2) is 4.79 Å². The zero-order valence-electron chi connectivity index (χ0n) is 14.4. The number of benzene rings is 2. The molecule has 0 aromatic heterocycles. The summed E-state index contributed by atoms with van der Waals surface area (Å²) in [6.45, 7) is -0.214. The fraction of sp³-hybridized carbons (Fsp3) is 0.222. The van der Waals surface area contributed by atoms with E-state index < -0.39 is 18.4 Å². The van der Waals surface area contributed by atoms with Crippen LogP contribution in [0.25, 0.3) is 0 Å². The van der Waals surface area contributed by atoms with Gasteiger partial charge in [-0.2, -0.15) is 0 Å². The lowest BCUT2D eigenvalue weighted by atomic mass is 10.00. The summed E-state index contributed by atoms with van der Waals surface area (Å²) in [6.07, 6.45) is 0. The Bertz CT molecular complexity index is 899. The van der Waals surface area contributed by atoms with Gasteiger partial charge in [0.2, 0.25) is 0 Å². The summed E-state index contributed by atoms with van der Waals surface area (Å²) in [5.74, 6) is -1.66. The first-order valence-corrected chi connectivity index (χ1v) is 8.78. The third-order valence-corrected chi connectivity index (χ3v) is 4.69. The maximum absolute atomic E-state index is 12.9. The maximum atomic E-state index is 12.9. The molecule has 0 bridgehead atoms. The molecule has 0 aliphatic carbocycles. The quantitative estimate of drug-likeness (QED) is 0.640. The van der Waals surface area contributed by atoms with Crippen LogP contribution in [0.2, 0.25) is 15.1 Å². The van der Waals surface area contributed by atoms with E-state index in [1.807, 2.05) is 19.0 Å². The highest BCUT2D eigenvalue weighted by atomic mass is 35.5. The Morgan fingerprint density at radius 3 is 2.37 bits per heavy atom. The number of carbonyl (C=O) groups is 2. The first-order valence-electron chi connectivity index (χ1n) is 7.65. The van der Waals surface area contributed by atoms with Crippen molar-refractivity contribution in [1.29, 1.82) is 0 Å². The molecule has 0 unspecified atom stereocenters. The molecule has 9 heteroatoms. The van der Waals surface area contributed by atoms with E-state index in [1.165, 1.54) is 24.3 Å². The summed E-state index contributed by atoms with van der Waals surface area (Å²) in [6, 6.07) is 5.63. The van der Waals surface area contributed by atoms with Crippen LogP contribution in [-0.2, 0) is 11.3 Å². The van der Waals surface area contributed by atoms with Crippen LogP contribution in [0.15, 0.2) is 24.3 Å². The SMILES string of the molecule is CN(C)Cc1cc(C(=O)c2ccc(OCC(=O)O)c(Cl)c2Cl)cc(Cl)c1O. The van der Waals surface area contributed by atoms with Gasteiger partial charge in [0.1, 0.15) is 16.5 Å². The van der Waals surface area contributed by atoms with Crippen molar-refractivity contribution < 1.29 is 24.5 Å². The number of phenols is 1. The first-order chi connectivity index (χ1) is 12.6. The number of aliphatic carboxylic acids is 1. The van der Waals surface area contributed by atoms with Gasteiger partial charge in [-0.3, -0.25) is 4.79 Å². The number of nitrogens with zero attached hydrogens (tertiary/aromatic N) is 1. The number of carbonyl (C=O) groups excluding carboxylic acids is 1. The first kappa shape index (κ1) is 21.3. The third-order valence-electron chi connectivity index (χ3n) is 3.53. The van der Waals surface area contributed by atoms with Crippen molar-refractivity contribution in [2.75, 3.05) is 20.7 Å². The number of hydrogen-bond donors (Lipinski definition) is 2. The molecule has 6 nitrogen and oxygen atoms in total. The summed E-state index contributed by atoms with van der Waals surface area (Å²) in [7, 11) is 3.63. The second kappa shape index (κ2) is 8.80. The smallest absolute Gasteiger partial charge is 0.341 e. The van der Waals surface area contributed by atoms with E-state index >= 15 is 0 Å². The Morgan fingerprint density at radius 1 is 1.11 bits per heavy atom. The van der Waals surface area contributed by atoms with Crippen LogP contribution in [0.3, 0.4) is 0 Å². The average Bonchev–Trinajstić information content (AvgIpc) is 2.59. The van der Waals surface area contributed by atoms with Crippen molar-refractivity contribution in [3.05, 3.63) is 56.0 Å². The number of ketones is 1. The van der Waals surface area contributed by atoms with Crippen molar-refractivity contribution in [2.24, 2.45) is 0 Å². The fourth-order valence-corrected chi connectivity index (χ4v) is 3.06. The van der Waals surface area contributed by atoms with Gasteiger partial charge < -0.3 is 19.8 Å². The number of halogens is 3. The lowest BCUT2D eigenvalue weighted by Gasteiger charge is -2.14. The van der Waals surface area contributed by atoms with Gasteiger partial charge in [0.15, 0.2) is 12.4 Å². The molecule has 2 rings (SSSR count). The standard InChI is InChI=1S/C18H16Cl3NO5/c1-22(2)7-10-5-9(6-12(19)18(10)26)17(25)11-3-4-13(16(21)15(11)20)27-8-14(23)24/h3-6,26H,7-8H2,1-2H3,(H,23,24). The summed E-state index contributed by atoms with van der Waals surface area (Å²) >= 11 is 18.3. The summed E-state index contributed by atoms with van der Waals surface area (Å²) < 4.78 is 5.03. The molecule has 0 radical (unpaired) electrons. The van der Waals surface area contributed by atoms with E-state index in [0.29, 0.717) is 12.1 Å². The number of hydrogen-bond acceptors (Lipinski definition) is 5. The topological polar surface area (TPSA) is 87.1 Å². The average molecular weight is 433 g/mol. The molecule has 0 fully saturated rings. The van der Waals surface area contributed by atoms with E-state index in [4.69, 9.17) is 44.6 Å². The normalized spacial score (nSPS) is 10.9. The van der Waals surface area contributed by atoms with Gasteiger partial charge in [0, 0.05) is 23.2 Å². The Morgan fingerprint density at radius 2 is 1.78 bits per heavy atom. The van der Waals surface area contributed by atoms with Crippen molar-refractivity contribution >= 4 is 46.6 Å². The molecule has 2 N–H and O–H groups in total. The van der Waals surface area contributed by atoms with Gasteiger partial charge in [0.25, 0.3) is 0 Å². The van der Waals surface area contributed by atoms with Crippen LogP contribution in [-0.4, -0.2) is 47.6 Å². The molecular formula is C18H16Cl3NO5. The highest BCUT2D eigenvalue weighted by Gasteiger charge is 2.21. The second-order valence-corrected chi connectivity index (χ2v) is 7.12. The van der Waals surface area contributed by atoms with E-state index in [9.17, 15) is 14.7 Å². The number of aromatic hydroxyl groups is 1. The van der Waals surface area contributed by atoms with Crippen LogP contribution in [0.5, 0.6) is 11.5 Å². The highest BCUT2D eigenvalue weighted by molar-refractivity contribution is 6.45. The summed E-state index contributed by atoms with van der Waals surface area (Å²) in [5, 5.41) is 18.7. The number of ether oxygens (including phenoxy) is 1. The Balaban J connectivity index is 2.42. The minimum atomic E-state index is -1.17. The van der Waals surface area contributed by atoms with Gasteiger partial charge in [-0.1, -0.05) is 34.8 Å². The monoisotopic (exact) mass is 431 g/mol. The molecule has 0 atom stereocenters. The summed E-state index contributed by atoms with van der Waals surface area (Å²) in [4.78, 5) is 25.3. The second-order valence-electron chi connectivity index (χ2n) is 5.95. The fourth-order valence-electron chi connectivity index (χ4n) is 2.36. The Labute approximate surface area is 170 Å². The zero-order valence-corrected chi connectivity index (χ0v) is 16.7. The predicted octanol–water partition coefficient (Wildman–Crippen LogP) is 4.11. The molecule has 144 valence electrons. The Kier molecular flexibility index (Phi) is 6.95. The van der Waals surface area contributed by atoms with E-state index in [1.54, 1.807) is 0 Å². The number of carboxylic acid groups (broad SMARTS) is 1. The number of phenolic OH excluding ortho intramolecular Hbond substituents is 1. The minimum Gasteiger partial charge on any atom is -0.506 e. The number of carboxylic acids is 1. The maximum Gasteiger partial charge on any atom is 0.341 e. The van der Waals surface area contributed by atoms with E-state index in [0.717, 1.165) is 0 Å². The molecule has 0 amide bonds. The van der Waals surface area contributed by atoms with Crippen LogP contribution < -0.4 is 4.74 Å². The minimum absolute atomic E-state index is 0.0429. The van der Waals surface area contributed by atoms with E-state index in [2.05, 4.69) is 0 Å². The van der Waals surface area contributed by atoms with Crippen LogP contribution in [0.4, 0.5) is 0 Å². The third kappa shape index (κ3) is 5.05. The largest absolute Gasteiger partial charge is 0.506 e. The zero-order chi connectivity index (χ0) is 20.3. The molecule has 0 heterocycles. The summed E-state index contributed by atoms with van der Waals surface area (Å²) in [5.41, 5.74) is 0.813. The van der Waals surface area contributed by atoms with Crippen LogP contribution in [0, 0.1) is 0 Å². The molecule has 0 saturated carbocycles. The number of rotatable bonds is 7. The van der Waals surface area contributed by atoms with Gasteiger partial charge in [-0.05, 0) is 38.4 Å². The molecule has 2 aromatic rings. The van der Waals surface area contributed by atoms with Crippen molar-refractivity contribution in [3.63, 3.8) is 0 Å². The molecule has 2 aromatic carbocycles. The lowest BCUT2D eigenvalue weighted by Crippen LogP contribution is -2.12. The molecule has 27 heavy (non-hydrogen) atoms. The molecule has 0 saturated heterocycles. The van der Waals surface area contributed by atoms with Crippen molar-refractivity contribution in [3.8, 4) is 11.5 Å². The molecule has 0 aliphatic heterocycles. The molecule has 0 spiro atoms. The predicted molar refractivity (Wildman–Crippen MR) is 104 cm³/mol. The van der Waals surface area contributed by atoms with Crippen molar-refractivity contribution in [2.45, 2.75) is 6.54 Å². The van der Waals surface area contributed by atoms with Crippen molar-refractivity contribution in [1.82, 2.24) is 4.90 Å². The molecular weight excluding hydrogens is 417 g/mol.